The van der Waals surface area contributed by atoms with Crippen molar-refractivity contribution in [1.82, 2.24) is 0 Å². The number of rotatable bonds is 6. The predicted molar refractivity (Wildman–Crippen MR) is 45.8 cm³/mol. The quantitative estimate of drug-likeness (QED) is 0.494. The fourth-order valence-corrected chi connectivity index (χ4v) is 1.23. The molecule has 8 heteroatoms. The highest BCUT2D eigenvalue weighted by Crippen LogP contribution is 2.26. The van der Waals surface area contributed by atoms with E-state index in [9.17, 15) is 18.3 Å². The number of aliphatic hydroxyl groups excluding tert-OH is 3. The Hall–Kier alpha value is -0.410. The van der Waals surface area contributed by atoms with E-state index in [0.29, 0.717) is 0 Å². The summed E-state index contributed by atoms with van der Waals surface area (Å²) in [5, 5.41) is 35.6. The van der Waals surface area contributed by atoms with Gasteiger partial charge < -0.3 is 20.4 Å². The van der Waals surface area contributed by atoms with Gasteiger partial charge in [0.15, 0.2) is 12.6 Å². The van der Waals surface area contributed by atoms with E-state index in [0.717, 1.165) is 0 Å². The summed E-state index contributed by atoms with van der Waals surface area (Å²) in [7, 11) is 0. The van der Waals surface area contributed by atoms with Gasteiger partial charge in [0.1, 0.15) is 0 Å². The minimum Gasteiger partial charge on any atom is -0.393 e. The number of aliphatic hydroxyl groups is 4. The van der Waals surface area contributed by atoms with E-state index < -0.39 is 37.4 Å². The first-order chi connectivity index (χ1) is 7.17. The topological polar surface area (TPSA) is 90.2 Å². The molecular formula is C8H15F3O5. The van der Waals surface area contributed by atoms with Crippen LogP contribution in [0.25, 0.3) is 0 Å². The van der Waals surface area contributed by atoms with Crippen LogP contribution in [0.4, 0.5) is 13.2 Å². The van der Waals surface area contributed by atoms with Crippen LogP contribution in [0.2, 0.25) is 0 Å². The standard InChI is InChI=1S/C8H15F3O5/c1-2-5(12)4(3-6(13)14)7(15)16-8(9,10)11/h4-7,12-15H,2-3H2,1H3. The Kier molecular flexibility index (Phi) is 6.19. The second-order valence-electron chi connectivity index (χ2n) is 3.31. The maximum atomic E-state index is 11.8. The van der Waals surface area contributed by atoms with Crippen LogP contribution in [0.5, 0.6) is 0 Å². The van der Waals surface area contributed by atoms with Crippen LogP contribution in [0.3, 0.4) is 0 Å². The van der Waals surface area contributed by atoms with Crippen molar-refractivity contribution >= 4 is 0 Å². The molecule has 4 N–H and O–H groups in total. The van der Waals surface area contributed by atoms with Crippen molar-refractivity contribution in [2.75, 3.05) is 0 Å². The lowest BCUT2D eigenvalue weighted by Crippen LogP contribution is -2.39. The van der Waals surface area contributed by atoms with Crippen LogP contribution in [-0.2, 0) is 4.74 Å². The molecule has 0 spiro atoms. The summed E-state index contributed by atoms with van der Waals surface area (Å²) in [6, 6.07) is 0. The molecule has 0 bridgehead atoms. The van der Waals surface area contributed by atoms with Crippen LogP contribution in [-0.4, -0.2) is 45.5 Å². The van der Waals surface area contributed by atoms with E-state index in [1.807, 2.05) is 0 Å². The highest BCUT2D eigenvalue weighted by Gasteiger charge is 2.38. The molecule has 98 valence electrons. The Bertz CT molecular complexity index is 197. The van der Waals surface area contributed by atoms with E-state index in [4.69, 9.17) is 15.3 Å². The molecule has 5 nitrogen and oxygen atoms in total. The van der Waals surface area contributed by atoms with Crippen molar-refractivity contribution in [2.24, 2.45) is 5.92 Å². The van der Waals surface area contributed by atoms with Crippen LogP contribution >= 0.6 is 0 Å². The van der Waals surface area contributed by atoms with Gasteiger partial charge in [0.25, 0.3) is 0 Å². The van der Waals surface area contributed by atoms with Gasteiger partial charge in [-0.25, -0.2) is 0 Å². The molecular weight excluding hydrogens is 233 g/mol. The summed E-state index contributed by atoms with van der Waals surface area (Å²) >= 11 is 0. The van der Waals surface area contributed by atoms with Gasteiger partial charge in [0.05, 0.1) is 6.10 Å². The average molecular weight is 248 g/mol. The largest absolute Gasteiger partial charge is 0.524 e. The lowest BCUT2D eigenvalue weighted by Gasteiger charge is -2.27. The summed E-state index contributed by atoms with van der Waals surface area (Å²) in [5.41, 5.74) is 0. The summed E-state index contributed by atoms with van der Waals surface area (Å²) in [6.45, 7) is 1.47. The van der Waals surface area contributed by atoms with E-state index in [1.54, 1.807) is 0 Å². The monoisotopic (exact) mass is 248 g/mol. The van der Waals surface area contributed by atoms with Crippen molar-refractivity contribution < 1.29 is 38.3 Å². The van der Waals surface area contributed by atoms with Crippen molar-refractivity contribution in [3.05, 3.63) is 0 Å². The molecule has 16 heavy (non-hydrogen) atoms. The van der Waals surface area contributed by atoms with Gasteiger partial charge in [0, 0.05) is 12.3 Å². The molecule has 0 saturated carbocycles. The van der Waals surface area contributed by atoms with Gasteiger partial charge in [0.2, 0.25) is 0 Å². The summed E-state index contributed by atoms with van der Waals surface area (Å²) in [4.78, 5) is 0. The lowest BCUT2D eigenvalue weighted by atomic mass is 9.95. The highest BCUT2D eigenvalue weighted by atomic mass is 19.4. The van der Waals surface area contributed by atoms with Gasteiger partial charge in [-0.05, 0) is 6.42 Å². The van der Waals surface area contributed by atoms with Crippen molar-refractivity contribution in [3.63, 3.8) is 0 Å². The molecule has 0 fully saturated rings. The lowest BCUT2D eigenvalue weighted by molar-refractivity contribution is -0.385. The van der Waals surface area contributed by atoms with E-state index in [1.165, 1.54) is 6.92 Å². The second kappa shape index (κ2) is 6.36. The first kappa shape index (κ1) is 15.6. The Balaban J connectivity index is 4.49. The van der Waals surface area contributed by atoms with Crippen LogP contribution in [0, 0.1) is 5.92 Å². The molecule has 3 unspecified atom stereocenters. The minimum absolute atomic E-state index is 0.0513. The number of alkyl halides is 3. The Morgan fingerprint density at radius 1 is 1.12 bits per heavy atom. The number of ether oxygens (including phenoxy) is 1. The third kappa shape index (κ3) is 6.23. The smallest absolute Gasteiger partial charge is 0.393 e. The molecule has 0 aromatic heterocycles. The van der Waals surface area contributed by atoms with E-state index >= 15 is 0 Å². The third-order valence-electron chi connectivity index (χ3n) is 2.02. The molecule has 0 radical (unpaired) electrons. The molecule has 0 aromatic rings. The SMILES string of the molecule is CCC(O)C(CC(O)O)C(O)OC(F)(F)F. The Labute approximate surface area is 90.1 Å². The molecule has 0 aliphatic carbocycles. The molecule has 0 amide bonds. The average Bonchev–Trinajstić information content (AvgIpc) is 2.09. The number of hydrogen-bond acceptors (Lipinski definition) is 5. The van der Waals surface area contributed by atoms with Crippen LogP contribution in [0.15, 0.2) is 0 Å². The predicted octanol–water partition coefficient (Wildman–Crippen LogP) is -0.0709. The summed E-state index contributed by atoms with van der Waals surface area (Å²) < 4.78 is 38.6. The molecule has 0 heterocycles. The van der Waals surface area contributed by atoms with Crippen LogP contribution < -0.4 is 0 Å². The van der Waals surface area contributed by atoms with Crippen LogP contribution in [0.1, 0.15) is 19.8 Å². The maximum absolute atomic E-state index is 11.8. The normalized spacial score (nSPS) is 18.6. The first-order valence-corrected chi connectivity index (χ1v) is 4.64. The van der Waals surface area contributed by atoms with Gasteiger partial charge in [-0.2, -0.15) is 0 Å². The highest BCUT2D eigenvalue weighted by molar-refractivity contribution is 4.71. The summed E-state index contributed by atoms with van der Waals surface area (Å²) in [6.07, 6.45) is -11.2. The minimum atomic E-state index is -5.05. The van der Waals surface area contributed by atoms with Gasteiger partial charge in [-0.1, -0.05) is 6.92 Å². The molecule has 0 aromatic carbocycles. The van der Waals surface area contributed by atoms with Gasteiger partial charge in [-0.3, -0.25) is 4.74 Å². The van der Waals surface area contributed by atoms with E-state index in [-0.39, 0.29) is 6.42 Å². The Morgan fingerprint density at radius 2 is 1.62 bits per heavy atom. The number of halogens is 3. The Morgan fingerprint density at radius 3 is 1.94 bits per heavy atom. The molecule has 0 aliphatic heterocycles. The van der Waals surface area contributed by atoms with Crippen molar-refractivity contribution in [1.29, 1.82) is 0 Å². The van der Waals surface area contributed by atoms with Crippen molar-refractivity contribution in [2.45, 2.75) is 44.8 Å². The van der Waals surface area contributed by atoms with Gasteiger partial charge >= 0.3 is 6.36 Å². The zero-order valence-electron chi connectivity index (χ0n) is 8.55. The second-order valence-corrected chi connectivity index (χ2v) is 3.31. The third-order valence-corrected chi connectivity index (χ3v) is 2.02. The van der Waals surface area contributed by atoms with Gasteiger partial charge in [-0.15, -0.1) is 13.2 Å². The number of hydrogen-bond donors (Lipinski definition) is 4. The molecule has 3 atom stereocenters. The summed E-state index contributed by atoms with van der Waals surface area (Å²) in [5.74, 6) is -1.42. The first-order valence-electron chi connectivity index (χ1n) is 4.64. The fraction of sp³-hybridized carbons (Fsp3) is 1.00. The van der Waals surface area contributed by atoms with Crippen molar-refractivity contribution in [3.8, 4) is 0 Å². The van der Waals surface area contributed by atoms with E-state index in [2.05, 4.69) is 4.74 Å². The zero-order valence-corrected chi connectivity index (χ0v) is 8.55. The maximum Gasteiger partial charge on any atom is 0.524 e. The zero-order chi connectivity index (χ0) is 12.9. The fourth-order valence-electron chi connectivity index (χ4n) is 1.23. The molecule has 0 rings (SSSR count). The molecule has 0 aliphatic rings. The molecule has 0 saturated heterocycles.